The van der Waals surface area contributed by atoms with Crippen LogP contribution < -0.4 is 0 Å². The second-order valence-electron chi connectivity index (χ2n) is 6.82. The molecular weight excluding hydrogens is 287 g/mol. The third-order valence-corrected chi connectivity index (χ3v) is 5.27. The predicted molar refractivity (Wildman–Crippen MR) is 93.6 cm³/mol. The molecule has 0 aromatic heterocycles. The molecule has 0 unspecified atom stereocenters. The molecule has 2 heteroatoms. The van der Waals surface area contributed by atoms with Crippen molar-refractivity contribution < 1.29 is 9.50 Å². The number of hydrogen-bond donors (Lipinski definition) is 1. The van der Waals surface area contributed by atoms with Crippen LogP contribution in [0.3, 0.4) is 0 Å². The summed E-state index contributed by atoms with van der Waals surface area (Å²) in [4.78, 5) is 0. The van der Waals surface area contributed by atoms with Gasteiger partial charge in [0.1, 0.15) is 5.75 Å². The van der Waals surface area contributed by atoms with Gasteiger partial charge in [0, 0.05) is 0 Å². The molecule has 1 fully saturated rings. The lowest BCUT2D eigenvalue weighted by atomic mass is 9.77. The third-order valence-electron chi connectivity index (χ3n) is 5.27. The summed E-state index contributed by atoms with van der Waals surface area (Å²) >= 11 is 0. The van der Waals surface area contributed by atoms with E-state index in [0.717, 1.165) is 24.8 Å². The van der Waals surface area contributed by atoms with Gasteiger partial charge in [0.15, 0.2) is 0 Å². The second-order valence-corrected chi connectivity index (χ2v) is 6.82. The quantitative estimate of drug-likeness (QED) is 0.734. The summed E-state index contributed by atoms with van der Waals surface area (Å²) in [6.45, 7) is 1.85. The molecule has 3 rings (SSSR count). The number of aromatic hydroxyl groups is 1. The van der Waals surface area contributed by atoms with E-state index in [2.05, 4.69) is 24.3 Å². The van der Waals surface area contributed by atoms with Gasteiger partial charge in [0.2, 0.25) is 0 Å². The summed E-state index contributed by atoms with van der Waals surface area (Å²) in [5.41, 5.74) is 4.85. The molecule has 0 aliphatic heterocycles. The Labute approximate surface area is 138 Å². The molecule has 0 spiro atoms. The molecule has 0 bridgehead atoms. The van der Waals surface area contributed by atoms with Crippen LogP contribution in [0.5, 0.6) is 5.75 Å². The van der Waals surface area contributed by atoms with Gasteiger partial charge in [0.05, 0.1) is 6.67 Å². The van der Waals surface area contributed by atoms with Gasteiger partial charge >= 0.3 is 0 Å². The van der Waals surface area contributed by atoms with E-state index >= 15 is 0 Å². The van der Waals surface area contributed by atoms with Crippen molar-refractivity contribution in [2.75, 3.05) is 6.67 Å². The van der Waals surface area contributed by atoms with Crippen molar-refractivity contribution in [3.05, 3.63) is 53.6 Å². The van der Waals surface area contributed by atoms with Crippen molar-refractivity contribution >= 4 is 0 Å². The number of benzene rings is 2. The highest BCUT2D eigenvalue weighted by Gasteiger charge is 2.22. The van der Waals surface area contributed by atoms with Gasteiger partial charge < -0.3 is 5.11 Å². The molecule has 0 saturated heterocycles. The minimum Gasteiger partial charge on any atom is -0.508 e. The molecule has 1 nitrogen and oxygen atoms in total. The number of phenolic OH excluding ortho intramolecular Hbond substituents is 1. The molecule has 23 heavy (non-hydrogen) atoms. The highest BCUT2D eigenvalue weighted by atomic mass is 19.1. The van der Waals surface area contributed by atoms with Crippen LogP contribution in [-0.4, -0.2) is 11.8 Å². The van der Waals surface area contributed by atoms with Crippen LogP contribution in [-0.2, 0) is 0 Å². The van der Waals surface area contributed by atoms with E-state index in [1.807, 2.05) is 13.0 Å². The van der Waals surface area contributed by atoms with E-state index < -0.39 is 0 Å². The number of aryl methyl sites for hydroxylation is 1. The molecule has 0 heterocycles. The fraction of sp³-hybridized carbons (Fsp3) is 0.429. The number of phenols is 1. The largest absolute Gasteiger partial charge is 0.508 e. The van der Waals surface area contributed by atoms with Crippen LogP contribution in [0.2, 0.25) is 0 Å². The van der Waals surface area contributed by atoms with Crippen molar-refractivity contribution in [1.82, 2.24) is 0 Å². The van der Waals surface area contributed by atoms with Gasteiger partial charge in [-0.15, -0.1) is 0 Å². The fourth-order valence-electron chi connectivity index (χ4n) is 3.85. The van der Waals surface area contributed by atoms with Gasteiger partial charge in [-0.3, -0.25) is 4.39 Å². The monoisotopic (exact) mass is 312 g/mol. The first-order valence-corrected chi connectivity index (χ1v) is 8.63. The first kappa shape index (κ1) is 16.0. The third kappa shape index (κ3) is 3.74. The molecule has 2 aromatic rings. The number of hydrogen-bond acceptors (Lipinski definition) is 1. The van der Waals surface area contributed by atoms with Gasteiger partial charge in [0.25, 0.3) is 0 Å². The van der Waals surface area contributed by atoms with Crippen LogP contribution in [0.25, 0.3) is 11.1 Å². The summed E-state index contributed by atoms with van der Waals surface area (Å²) in [7, 11) is 0. The normalized spacial score (nSPS) is 21.3. The summed E-state index contributed by atoms with van der Waals surface area (Å²) < 4.78 is 12.4. The molecule has 122 valence electrons. The molecule has 0 atom stereocenters. The van der Waals surface area contributed by atoms with E-state index in [1.54, 1.807) is 12.1 Å². The van der Waals surface area contributed by atoms with Gasteiger partial charge in [-0.25, -0.2) is 0 Å². The maximum absolute atomic E-state index is 12.4. The summed E-state index contributed by atoms with van der Waals surface area (Å²) in [5.74, 6) is 1.53. The summed E-state index contributed by atoms with van der Waals surface area (Å²) in [6, 6.07) is 14.4. The molecule has 0 radical (unpaired) electrons. The second kappa shape index (κ2) is 7.16. The highest BCUT2D eigenvalue weighted by Crippen LogP contribution is 2.37. The van der Waals surface area contributed by atoms with E-state index in [-0.39, 0.29) is 6.67 Å². The lowest BCUT2D eigenvalue weighted by Gasteiger charge is -2.28. The molecule has 2 aromatic carbocycles. The van der Waals surface area contributed by atoms with Crippen molar-refractivity contribution in [3.8, 4) is 16.9 Å². The smallest absolute Gasteiger partial charge is 0.115 e. The number of halogens is 1. The topological polar surface area (TPSA) is 20.2 Å². The SMILES string of the molecule is Cc1cc(O)ccc1-c1ccc(C2CCC(CCF)CC2)cc1. The Kier molecular flexibility index (Phi) is 5.00. The van der Waals surface area contributed by atoms with Gasteiger partial charge in [-0.1, -0.05) is 30.3 Å². The van der Waals surface area contributed by atoms with E-state index in [4.69, 9.17) is 0 Å². The summed E-state index contributed by atoms with van der Waals surface area (Å²) in [5, 5.41) is 9.53. The molecule has 1 aliphatic carbocycles. The Hall–Kier alpha value is -1.83. The molecule has 0 amide bonds. The van der Waals surface area contributed by atoms with Crippen molar-refractivity contribution in [2.45, 2.75) is 44.9 Å². The zero-order chi connectivity index (χ0) is 16.2. The maximum Gasteiger partial charge on any atom is 0.115 e. The molecule has 1 aliphatic rings. The Bertz CT molecular complexity index is 639. The molecule has 1 N–H and O–H groups in total. The van der Waals surface area contributed by atoms with Gasteiger partial charge in [-0.05, 0) is 85.3 Å². The Balaban J connectivity index is 1.70. The number of rotatable bonds is 4. The maximum atomic E-state index is 12.4. The van der Waals surface area contributed by atoms with Gasteiger partial charge in [-0.2, -0.15) is 0 Å². The lowest BCUT2D eigenvalue weighted by molar-refractivity contribution is 0.283. The lowest BCUT2D eigenvalue weighted by Crippen LogP contribution is -2.13. The Morgan fingerprint density at radius 2 is 1.70 bits per heavy atom. The first-order valence-electron chi connectivity index (χ1n) is 8.63. The van der Waals surface area contributed by atoms with Crippen LogP contribution >= 0.6 is 0 Å². The average Bonchev–Trinajstić information content (AvgIpc) is 2.56. The highest BCUT2D eigenvalue weighted by molar-refractivity contribution is 5.68. The molecule has 1 saturated carbocycles. The zero-order valence-electron chi connectivity index (χ0n) is 13.8. The van der Waals surface area contributed by atoms with Crippen LogP contribution in [0.1, 0.15) is 49.1 Å². The van der Waals surface area contributed by atoms with Crippen LogP contribution in [0.4, 0.5) is 4.39 Å². The molecular formula is C21H25FO. The Morgan fingerprint density at radius 1 is 1.00 bits per heavy atom. The minimum absolute atomic E-state index is 0.171. The van der Waals surface area contributed by atoms with Crippen LogP contribution in [0.15, 0.2) is 42.5 Å². The van der Waals surface area contributed by atoms with Crippen molar-refractivity contribution in [3.63, 3.8) is 0 Å². The Morgan fingerprint density at radius 3 is 2.30 bits per heavy atom. The summed E-state index contributed by atoms with van der Waals surface area (Å²) in [6.07, 6.45) is 5.43. The standard InChI is InChI=1S/C21H25FO/c1-15-14-20(23)10-11-21(15)19-8-6-18(7-9-19)17-4-2-16(3-5-17)12-13-22/h6-11,14,16-17,23H,2-5,12-13H2,1H3. The predicted octanol–water partition coefficient (Wildman–Crippen LogP) is 6.00. The first-order chi connectivity index (χ1) is 11.2. The zero-order valence-corrected chi connectivity index (χ0v) is 13.8. The van der Waals surface area contributed by atoms with E-state index in [0.29, 0.717) is 17.6 Å². The average molecular weight is 312 g/mol. The van der Waals surface area contributed by atoms with E-state index in [1.165, 1.54) is 29.5 Å². The van der Waals surface area contributed by atoms with Crippen molar-refractivity contribution in [2.24, 2.45) is 5.92 Å². The number of alkyl halides is 1. The minimum atomic E-state index is -0.171. The van der Waals surface area contributed by atoms with Crippen LogP contribution in [0, 0.1) is 12.8 Å². The van der Waals surface area contributed by atoms with Crippen molar-refractivity contribution in [1.29, 1.82) is 0 Å². The van der Waals surface area contributed by atoms with E-state index in [9.17, 15) is 9.50 Å². The fourth-order valence-corrected chi connectivity index (χ4v) is 3.85.